The van der Waals surface area contributed by atoms with Crippen LogP contribution in [0.5, 0.6) is 0 Å². The van der Waals surface area contributed by atoms with E-state index in [0.717, 1.165) is 5.56 Å². The van der Waals surface area contributed by atoms with Crippen molar-refractivity contribution in [2.24, 2.45) is 0 Å². The number of hydrogen-bond donors (Lipinski definition) is 0. The second-order valence-corrected chi connectivity index (χ2v) is 5.32. The molecule has 0 spiro atoms. The lowest BCUT2D eigenvalue weighted by molar-refractivity contribution is -0.109. The first-order valence-corrected chi connectivity index (χ1v) is 6.80. The zero-order chi connectivity index (χ0) is 13.5. The molecule has 0 saturated carbocycles. The van der Waals surface area contributed by atoms with Crippen LogP contribution in [-0.2, 0) is 4.79 Å². The molecule has 0 aliphatic heterocycles. The van der Waals surface area contributed by atoms with Gasteiger partial charge in [-0.1, -0.05) is 35.2 Å². The Balaban J connectivity index is 2.68. The quantitative estimate of drug-likeness (QED) is 0.482. The summed E-state index contributed by atoms with van der Waals surface area (Å²) < 4.78 is 0. The minimum absolute atomic E-state index is 0.0733. The minimum atomic E-state index is -0.0733. The summed E-state index contributed by atoms with van der Waals surface area (Å²) in [6, 6.07) is 5.14. The average molecular weight is 281 g/mol. The van der Waals surface area contributed by atoms with E-state index in [1.54, 1.807) is 18.2 Å². The van der Waals surface area contributed by atoms with Crippen LogP contribution in [0.4, 0.5) is 0 Å². The molecule has 0 amide bonds. The zero-order valence-corrected chi connectivity index (χ0v) is 11.8. The molecular formula is C14H13ClO2S. The zero-order valence-electron chi connectivity index (χ0n) is 10.2. The normalized spacial score (nSPS) is 9.50. The van der Waals surface area contributed by atoms with Gasteiger partial charge in [0.25, 0.3) is 0 Å². The van der Waals surface area contributed by atoms with Crippen molar-refractivity contribution in [3.05, 3.63) is 34.3 Å². The molecule has 2 nitrogen and oxygen atoms in total. The molecule has 0 saturated heterocycles. The van der Waals surface area contributed by atoms with Crippen molar-refractivity contribution in [2.45, 2.75) is 20.3 Å². The van der Waals surface area contributed by atoms with E-state index in [-0.39, 0.29) is 10.9 Å². The maximum absolute atomic E-state index is 11.3. The van der Waals surface area contributed by atoms with Crippen LogP contribution in [-0.4, -0.2) is 16.7 Å². The first-order chi connectivity index (χ1) is 8.50. The molecule has 1 aromatic rings. The number of Topliss-reactive ketones (excluding diaryl/α,β-unsaturated/α-hetero) is 1. The van der Waals surface area contributed by atoms with Gasteiger partial charge in [0.2, 0.25) is 0 Å². The van der Waals surface area contributed by atoms with E-state index >= 15 is 0 Å². The molecule has 0 aliphatic rings. The molecule has 0 atom stereocenters. The number of hydrogen-bond acceptors (Lipinski definition) is 3. The van der Waals surface area contributed by atoms with Crippen molar-refractivity contribution in [3.63, 3.8) is 0 Å². The SMILES string of the molecule is CC(=O)SCCC#Cc1ccc(Cl)c(C(C)=O)c1. The number of carbonyl (C=O) groups is 2. The van der Waals surface area contributed by atoms with E-state index in [0.29, 0.717) is 22.8 Å². The topological polar surface area (TPSA) is 34.1 Å². The van der Waals surface area contributed by atoms with Crippen molar-refractivity contribution in [2.75, 3.05) is 5.75 Å². The summed E-state index contributed by atoms with van der Waals surface area (Å²) in [6.07, 6.45) is 0.641. The van der Waals surface area contributed by atoms with E-state index in [4.69, 9.17) is 11.6 Å². The summed E-state index contributed by atoms with van der Waals surface area (Å²) in [5, 5.41) is 0.544. The fourth-order valence-electron chi connectivity index (χ4n) is 1.28. The van der Waals surface area contributed by atoms with Gasteiger partial charge in [-0.25, -0.2) is 0 Å². The Morgan fingerprint density at radius 1 is 1.33 bits per heavy atom. The van der Waals surface area contributed by atoms with Gasteiger partial charge in [0.05, 0.1) is 5.02 Å². The first kappa shape index (κ1) is 14.8. The van der Waals surface area contributed by atoms with E-state index in [2.05, 4.69) is 11.8 Å². The third-order valence-electron chi connectivity index (χ3n) is 2.11. The Morgan fingerprint density at radius 2 is 2.06 bits per heavy atom. The van der Waals surface area contributed by atoms with Gasteiger partial charge < -0.3 is 0 Å². The predicted octanol–water partition coefficient (Wildman–Crippen LogP) is 3.56. The van der Waals surface area contributed by atoms with E-state index in [1.165, 1.54) is 25.6 Å². The molecule has 0 N–H and O–H groups in total. The average Bonchev–Trinajstić information content (AvgIpc) is 2.30. The molecule has 18 heavy (non-hydrogen) atoms. The Labute approximate surface area is 116 Å². The molecule has 1 rings (SSSR count). The van der Waals surface area contributed by atoms with Gasteiger partial charge in [0.1, 0.15) is 0 Å². The molecule has 94 valence electrons. The van der Waals surface area contributed by atoms with E-state index in [9.17, 15) is 9.59 Å². The van der Waals surface area contributed by atoms with Crippen molar-refractivity contribution in [1.29, 1.82) is 0 Å². The third kappa shape index (κ3) is 4.95. The van der Waals surface area contributed by atoms with Gasteiger partial charge in [0.15, 0.2) is 10.9 Å². The highest BCUT2D eigenvalue weighted by atomic mass is 35.5. The van der Waals surface area contributed by atoms with Gasteiger partial charge in [-0.2, -0.15) is 0 Å². The molecule has 0 aliphatic carbocycles. The third-order valence-corrected chi connectivity index (χ3v) is 3.26. The summed E-state index contributed by atoms with van der Waals surface area (Å²) in [4.78, 5) is 22.0. The van der Waals surface area contributed by atoms with Crippen LogP contribution in [0.3, 0.4) is 0 Å². The summed E-state index contributed by atoms with van der Waals surface area (Å²) in [6.45, 7) is 3.01. The van der Waals surface area contributed by atoms with Crippen LogP contribution in [0.15, 0.2) is 18.2 Å². The minimum Gasteiger partial charge on any atom is -0.294 e. The number of halogens is 1. The predicted molar refractivity (Wildman–Crippen MR) is 76.1 cm³/mol. The first-order valence-electron chi connectivity index (χ1n) is 5.43. The maximum Gasteiger partial charge on any atom is 0.185 e. The molecular weight excluding hydrogens is 268 g/mol. The van der Waals surface area contributed by atoms with Gasteiger partial charge in [0, 0.05) is 30.2 Å². The second kappa shape index (κ2) is 7.25. The monoisotopic (exact) mass is 280 g/mol. The van der Waals surface area contributed by atoms with Gasteiger partial charge in [-0.15, -0.1) is 0 Å². The largest absolute Gasteiger partial charge is 0.294 e. The molecule has 0 heterocycles. The molecule has 0 fully saturated rings. The maximum atomic E-state index is 11.3. The molecule has 4 heteroatoms. The Bertz CT molecular complexity index is 526. The lowest BCUT2D eigenvalue weighted by Gasteiger charge is -1.99. The van der Waals surface area contributed by atoms with Crippen LogP contribution in [0, 0.1) is 11.8 Å². The summed E-state index contributed by atoms with van der Waals surface area (Å²) in [5.74, 6) is 6.54. The number of thioether (sulfide) groups is 1. The molecule has 0 unspecified atom stereocenters. The van der Waals surface area contributed by atoms with Gasteiger partial charge in [-0.05, 0) is 25.1 Å². The lowest BCUT2D eigenvalue weighted by atomic mass is 10.1. The summed E-state index contributed by atoms with van der Waals surface area (Å²) in [7, 11) is 0. The molecule has 0 aromatic heterocycles. The second-order valence-electron chi connectivity index (χ2n) is 3.64. The van der Waals surface area contributed by atoms with Crippen LogP contribution >= 0.6 is 23.4 Å². The van der Waals surface area contributed by atoms with E-state index < -0.39 is 0 Å². The van der Waals surface area contributed by atoms with Crippen molar-refractivity contribution in [3.8, 4) is 11.8 Å². The summed E-state index contributed by atoms with van der Waals surface area (Å²) >= 11 is 7.16. The van der Waals surface area contributed by atoms with Gasteiger partial charge in [-0.3, -0.25) is 9.59 Å². The highest BCUT2D eigenvalue weighted by molar-refractivity contribution is 8.13. The summed E-state index contributed by atoms with van der Waals surface area (Å²) in [5.41, 5.74) is 1.25. The van der Waals surface area contributed by atoms with Crippen molar-refractivity contribution < 1.29 is 9.59 Å². The fraction of sp³-hybridized carbons (Fsp3) is 0.286. The van der Waals surface area contributed by atoms with Crippen LogP contribution in [0.2, 0.25) is 5.02 Å². The molecule has 0 bridgehead atoms. The standard InChI is InChI=1S/C14H13ClO2S/c1-10(16)13-9-12(6-7-14(13)15)5-3-4-8-18-11(2)17/h6-7,9H,4,8H2,1-2H3. The fourth-order valence-corrected chi connectivity index (χ4v) is 2.03. The van der Waals surface area contributed by atoms with Crippen molar-refractivity contribution in [1.82, 2.24) is 0 Å². The van der Waals surface area contributed by atoms with Crippen LogP contribution in [0.25, 0.3) is 0 Å². The number of rotatable bonds is 3. The highest BCUT2D eigenvalue weighted by Crippen LogP contribution is 2.17. The smallest absolute Gasteiger partial charge is 0.185 e. The Kier molecular flexibility index (Phi) is 5.97. The lowest BCUT2D eigenvalue weighted by Crippen LogP contribution is -1.94. The van der Waals surface area contributed by atoms with Crippen LogP contribution < -0.4 is 0 Å². The van der Waals surface area contributed by atoms with Gasteiger partial charge >= 0.3 is 0 Å². The van der Waals surface area contributed by atoms with Crippen molar-refractivity contribution >= 4 is 34.3 Å². The molecule has 0 radical (unpaired) electrons. The number of carbonyl (C=O) groups excluding carboxylic acids is 2. The van der Waals surface area contributed by atoms with E-state index in [1.807, 2.05) is 0 Å². The highest BCUT2D eigenvalue weighted by Gasteiger charge is 2.05. The number of benzene rings is 1. The Hall–Kier alpha value is -1.24. The number of ketones is 1. The van der Waals surface area contributed by atoms with Crippen LogP contribution in [0.1, 0.15) is 36.2 Å². The molecule has 1 aromatic carbocycles. The Morgan fingerprint density at radius 3 is 2.67 bits per heavy atom.